The van der Waals surface area contributed by atoms with E-state index in [1.165, 1.54) is 0 Å². The van der Waals surface area contributed by atoms with Crippen LogP contribution in [0.1, 0.15) is 12.0 Å². The molecule has 1 saturated heterocycles. The Morgan fingerprint density at radius 3 is 2.53 bits per heavy atom. The second-order valence-corrected chi connectivity index (χ2v) is 4.02. The molecule has 0 atom stereocenters. The number of hydrogen-bond donors (Lipinski definition) is 0. The van der Waals surface area contributed by atoms with Gasteiger partial charge in [0.25, 0.3) is 0 Å². The third-order valence-corrected chi connectivity index (χ3v) is 2.76. The molecule has 102 valence electrons. The number of nitrogens with zero attached hydrogens (tertiary/aromatic N) is 1. The Kier molecular flexibility index (Phi) is 3.73. The normalized spacial score (nSPS) is 14.7. The second kappa shape index (κ2) is 5.29. The quantitative estimate of drug-likeness (QED) is 0.791. The molecule has 19 heavy (non-hydrogen) atoms. The number of halogens is 3. The largest absolute Gasteiger partial charge is 0.447 e. The Morgan fingerprint density at radius 2 is 1.89 bits per heavy atom. The van der Waals surface area contributed by atoms with E-state index < -0.39 is 29.5 Å². The average molecular weight is 273 g/mol. The summed E-state index contributed by atoms with van der Waals surface area (Å²) in [7, 11) is 0. The molecule has 0 unspecified atom stereocenters. The fourth-order valence-electron chi connectivity index (χ4n) is 1.75. The molecule has 1 heterocycles. The standard InChI is InChI=1S/C12H10F3NO3/c13-8-6-10(15)9(14)5-7(8)1-2-11(17)16-3-4-19-12(16)18/h5-6H,1-4H2. The van der Waals surface area contributed by atoms with Crippen LogP contribution in [0.5, 0.6) is 0 Å². The predicted molar refractivity (Wildman–Crippen MR) is 57.7 cm³/mol. The van der Waals surface area contributed by atoms with Gasteiger partial charge in [0.05, 0.1) is 6.54 Å². The van der Waals surface area contributed by atoms with Crippen LogP contribution >= 0.6 is 0 Å². The predicted octanol–water partition coefficient (Wildman–Crippen LogP) is 2.02. The first-order valence-electron chi connectivity index (χ1n) is 5.59. The van der Waals surface area contributed by atoms with Crippen molar-refractivity contribution in [2.45, 2.75) is 12.8 Å². The zero-order valence-electron chi connectivity index (χ0n) is 9.79. The number of carbonyl (C=O) groups is 2. The molecular weight excluding hydrogens is 263 g/mol. The molecule has 2 amide bonds. The van der Waals surface area contributed by atoms with Crippen LogP contribution < -0.4 is 0 Å². The van der Waals surface area contributed by atoms with E-state index in [0.717, 1.165) is 4.90 Å². The molecule has 0 bridgehead atoms. The summed E-state index contributed by atoms with van der Waals surface area (Å²) in [6, 6.07) is 1.14. The third kappa shape index (κ3) is 2.86. The van der Waals surface area contributed by atoms with E-state index in [0.29, 0.717) is 12.1 Å². The van der Waals surface area contributed by atoms with E-state index in [9.17, 15) is 22.8 Å². The lowest BCUT2D eigenvalue weighted by atomic mass is 10.1. The average Bonchev–Trinajstić information content (AvgIpc) is 2.78. The maximum absolute atomic E-state index is 13.3. The Balaban J connectivity index is 2.01. The maximum Gasteiger partial charge on any atom is 0.416 e. The number of hydrogen-bond acceptors (Lipinski definition) is 3. The summed E-state index contributed by atoms with van der Waals surface area (Å²) in [4.78, 5) is 23.6. The van der Waals surface area contributed by atoms with E-state index in [1.807, 2.05) is 0 Å². The van der Waals surface area contributed by atoms with Gasteiger partial charge in [-0.2, -0.15) is 0 Å². The van der Waals surface area contributed by atoms with Crippen LogP contribution in [0.4, 0.5) is 18.0 Å². The van der Waals surface area contributed by atoms with Crippen LogP contribution in [0.2, 0.25) is 0 Å². The summed E-state index contributed by atoms with van der Waals surface area (Å²) in [6.07, 6.45) is -1.04. The van der Waals surface area contributed by atoms with Crippen LogP contribution in [0.3, 0.4) is 0 Å². The SMILES string of the molecule is O=C(CCc1cc(F)c(F)cc1F)N1CCOC1=O. The van der Waals surface area contributed by atoms with E-state index in [-0.39, 0.29) is 31.6 Å². The van der Waals surface area contributed by atoms with E-state index in [4.69, 9.17) is 0 Å². The third-order valence-electron chi connectivity index (χ3n) is 2.76. The Bertz CT molecular complexity index is 533. The van der Waals surface area contributed by atoms with Gasteiger partial charge >= 0.3 is 6.09 Å². The minimum Gasteiger partial charge on any atom is -0.447 e. The fraction of sp³-hybridized carbons (Fsp3) is 0.333. The summed E-state index contributed by atoms with van der Waals surface area (Å²) >= 11 is 0. The molecule has 0 N–H and O–H groups in total. The van der Waals surface area contributed by atoms with Crippen molar-refractivity contribution < 1.29 is 27.5 Å². The van der Waals surface area contributed by atoms with E-state index in [1.54, 1.807) is 0 Å². The number of ether oxygens (including phenoxy) is 1. The maximum atomic E-state index is 13.3. The lowest BCUT2D eigenvalue weighted by Crippen LogP contribution is -2.31. The van der Waals surface area contributed by atoms with Crippen molar-refractivity contribution in [3.63, 3.8) is 0 Å². The molecule has 7 heteroatoms. The van der Waals surface area contributed by atoms with Crippen molar-refractivity contribution in [1.82, 2.24) is 4.90 Å². The Labute approximate surface area is 106 Å². The van der Waals surface area contributed by atoms with Crippen molar-refractivity contribution in [3.05, 3.63) is 35.1 Å². The molecule has 1 aliphatic heterocycles. The van der Waals surface area contributed by atoms with Gasteiger partial charge in [-0.3, -0.25) is 4.79 Å². The monoisotopic (exact) mass is 273 g/mol. The first-order valence-corrected chi connectivity index (χ1v) is 5.59. The Hall–Kier alpha value is -2.05. The number of rotatable bonds is 3. The minimum atomic E-state index is -1.28. The molecular formula is C12H10F3NO3. The van der Waals surface area contributed by atoms with Crippen LogP contribution in [0.15, 0.2) is 12.1 Å². The van der Waals surface area contributed by atoms with Gasteiger partial charge in [0.1, 0.15) is 12.4 Å². The first-order chi connectivity index (χ1) is 8.99. The van der Waals surface area contributed by atoms with Crippen molar-refractivity contribution in [2.24, 2.45) is 0 Å². The highest BCUT2D eigenvalue weighted by molar-refractivity contribution is 5.92. The molecule has 1 aromatic rings. The number of aryl methyl sites for hydroxylation is 1. The molecule has 2 rings (SSSR count). The van der Waals surface area contributed by atoms with Gasteiger partial charge in [0, 0.05) is 12.5 Å². The molecule has 0 radical (unpaired) electrons. The highest BCUT2D eigenvalue weighted by Crippen LogP contribution is 2.16. The van der Waals surface area contributed by atoms with Gasteiger partial charge in [0.15, 0.2) is 11.6 Å². The van der Waals surface area contributed by atoms with E-state index >= 15 is 0 Å². The van der Waals surface area contributed by atoms with Gasteiger partial charge < -0.3 is 4.74 Å². The zero-order chi connectivity index (χ0) is 14.0. The smallest absolute Gasteiger partial charge is 0.416 e. The van der Waals surface area contributed by atoms with Gasteiger partial charge in [-0.1, -0.05) is 0 Å². The van der Waals surface area contributed by atoms with Gasteiger partial charge in [-0.15, -0.1) is 0 Å². The lowest BCUT2D eigenvalue weighted by Gasteiger charge is -2.10. The highest BCUT2D eigenvalue weighted by atomic mass is 19.2. The highest BCUT2D eigenvalue weighted by Gasteiger charge is 2.28. The summed E-state index contributed by atoms with van der Waals surface area (Å²) in [5.41, 5.74) is -0.111. The van der Waals surface area contributed by atoms with Gasteiger partial charge in [-0.05, 0) is 18.1 Å². The summed E-state index contributed by atoms with van der Waals surface area (Å²) in [6.45, 7) is 0.280. The van der Waals surface area contributed by atoms with Crippen molar-refractivity contribution in [1.29, 1.82) is 0 Å². The molecule has 0 saturated carbocycles. The van der Waals surface area contributed by atoms with Crippen molar-refractivity contribution >= 4 is 12.0 Å². The number of amides is 2. The second-order valence-electron chi connectivity index (χ2n) is 4.02. The van der Waals surface area contributed by atoms with Crippen molar-refractivity contribution in [3.8, 4) is 0 Å². The van der Waals surface area contributed by atoms with Crippen molar-refractivity contribution in [2.75, 3.05) is 13.2 Å². The lowest BCUT2D eigenvalue weighted by molar-refractivity contribution is -0.127. The zero-order valence-corrected chi connectivity index (χ0v) is 9.79. The van der Waals surface area contributed by atoms with Crippen LogP contribution in [-0.4, -0.2) is 30.1 Å². The number of carbonyl (C=O) groups excluding carboxylic acids is 2. The number of imide groups is 1. The van der Waals surface area contributed by atoms with Crippen LogP contribution in [0, 0.1) is 17.5 Å². The molecule has 1 aromatic carbocycles. The van der Waals surface area contributed by atoms with Crippen LogP contribution in [-0.2, 0) is 16.0 Å². The van der Waals surface area contributed by atoms with Crippen LogP contribution in [0.25, 0.3) is 0 Å². The van der Waals surface area contributed by atoms with E-state index in [2.05, 4.69) is 4.74 Å². The summed E-state index contributed by atoms with van der Waals surface area (Å²) in [5.74, 6) is -3.91. The topological polar surface area (TPSA) is 46.6 Å². The summed E-state index contributed by atoms with van der Waals surface area (Å²) in [5, 5.41) is 0. The number of cyclic esters (lactones) is 1. The fourth-order valence-corrected chi connectivity index (χ4v) is 1.75. The number of benzene rings is 1. The molecule has 0 aromatic heterocycles. The minimum absolute atomic E-state index is 0.111. The molecule has 4 nitrogen and oxygen atoms in total. The van der Waals surface area contributed by atoms with Gasteiger partial charge in [0.2, 0.25) is 5.91 Å². The Morgan fingerprint density at radius 1 is 1.21 bits per heavy atom. The molecule has 0 spiro atoms. The molecule has 0 aliphatic carbocycles. The first kappa shape index (κ1) is 13.4. The summed E-state index contributed by atoms with van der Waals surface area (Å²) < 4.78 is 43.5. The molecule has 1 fully saturated rings. The van der Waals surface area contributed by atoms with Gasteiger partial charge in [-0.25, -0.2) is 22.9 Å². The molecule has 1 aliphatic rings.